The topological polar surface area (TPSA) is 3.24 Å². The number of benzene rings is 1. The molecule has 0 N–H and O–H groups in total. The van der Waals surface area contributed by atoms with Crippen LogP contribution in [0.2, 0.25) is 0 Å². The van der Waals surface area contributed by atoms with Crippen molar-refractivity contribution in [3.8, 4) is 0 Å². The Labute approximate surface area is 110 Å². The maximum Gasteiger partial charge on any atom is 0.127 e. The molecule has 0 spiro atoms. The average molecular weight is 249 g/mol. The highest BCUT2D eigenvalue weighted by Crippen LogP contribution is 2.28. The molecule has 0 saturated carbocycles. The summed E-state index contributed by atoms with van der Waals surface area (Å²) in [6.45, 7) is 9.85. The summed E-state index contributed by atoms with van der Waals surface area (Å²) in [6, 6.07) is 7.14. The van der Waals surface area contributed by atoms with Gasteiger partial charge in [-0.1, -0.05) is 39.0 Å². The molecule has 1 aliphatic rings. The van der Waals surface area contributed by atoms with Gasteiger partial charge < -0.3 is 0 Å². The van der Waals surface area contributed by atoms with E-state index in [0.717, 1.165) is 43.0 Å². The minimum absolute atomic E-state index is 0.0724. The largest absolute Gasteiger partial charge is 0.298 e. The Morgan fingerprint density at radius 1 is 1.28 bits per heavy atom. The Morgan fingerprint density at radius 2 is 2.00 bits per heavy atom. The first kappa shape index (κ1) is 13.5. The lowest BCUT2D eigenvalue weighted by Gasteiger charge is -2.38. The highest BCUT2D eigenvalue weighted by atomic mass is 19.1. The molecule has 0 bridgehead atoms. The molecule has 1 aliphatic heterocycles. The molecule has 0 aliphatic carbocycles. The second-order valence-corrected chi connectivity index (χ2v) is 6.13. The predicted molar refractivity (Wildman–Crippen MR) is 73.8 cm³/mol. The Balaban J connectivity index is 2.03. The summed E-state index contributed by atoms with van der Waals surface area (Å²) >= 11 is 0. The van der Waals surface area contributed by atoms with E-state index >= 15 is 0 Å². The molecule has 1 fully saturated rings. The van der Waals surface area contributed by atoms with Crippen molar-refractivity contribution in [1.82, 2.24) is 4.90 Å². The zero-order chi connectivity index (χ0) is 13.1. The smallest absolute Gasteiger partial charge is 0.127 e. The van der Waals surface area contributed by atoms with Crippen LogP contribution in [0.25, 0.3) is 0 Å². The zero-order valence-electron chi connectivity index (χ0n) is 11.7. The van der Waals surface area contributed by atoms with Crippen molar-refractivity contribution >= 4 is 0 Å². The lowest BCUT2D eigenvalue weighted by Crippen LogP contribution is -2.40. The molecule has 1 nitrogen and oxygen atoms in total. The molecular weight excluding hydrogens is 225 g/mol. The van der Waals surface area contributed by atoms with E-state index in [0.29, 0.717) is 0 Å². The van der Waals surface area contributed by atoms with Crippen molar-refractivity contribution in [2.75, 3.05) is 13.1 Å². The van der Waals surface area contributed by atoms with E-state index in [1.807, 2.05) is 12.1 Å². The maximum atomic E-state index is 13.7. The van der Waals surface area contributed by atoms with Crippen LogP contribution in [0.1, 0.15) is 32.8 Å². The number of hydrogen-bond donors (Lipinski definition) is 0. The van der Waals surface area contributed by atoms with Gasteiger partial charge in [0.2, 0.25) is 0 Å². The number of hydrogen-bond acceptors (Lipinski definition) is 1. The van der Waals surface area contributed by atoms with E-state index in [1.165, 1.54) is 6.42 Å². The molecule has 2 heteroatoms. The summed E-state index contributed by atoms with van der Waals surface area (Å²) in [6.07, 6.45) is 1.31. The first-order valence-electron chi connectivity index (χ1n) is 7.02. The zero-order valence-corrected chi connectivity index (χ0v) is 11.7. The van der Waals surface area contributed by atoms with E-state index in [1.54, 1.807) is 12.1 Å². The molecule has 1 saturated heterocycles. The fourth-order valence-corrected chi connectivity index (χ4v) is 2.99. The molecule has 18 heavy (non-hydrogen) atoms. The van der Waals surface area contributed by atoms with Gasteiger partial charge >= 0.3 is 0 Å². The third-order valence-electron chi connectivity index (χ3n) is 4.06. The van der Waals surface area contributed by atoms with Crippen molar-refractivity contribution in [3.63, 3.8) is 0 Å². The summed E-state index contributed by atoms with van der Waals surface area (Å²) in [4.78, 5) is 2.41. The fourth-order valence-electron chi connectivity index (χ4n) is 2.99. The van der Waals surface area contributed by atoms with Crippen LogP contribution in [0.4, 0.5) is 4.39 Å². The van der Waals surface area contributed by atoms with Crippen molar-refractivity contribution < 1.29 is 4.39 Å². The summed E-state index contributed by atoms with van der Waals surface area (Å²) in [7, 11) is 0. The number of likely N-dealkylation sites (tertiary alicyclic amines) is 1. The SMILES string of the molecule is CC1C[C@@H](C(C)C)CN(Cc2ccccc2F)C1. The Hall–Kier alpha value is -0.890. The molecule has 2 rings (SSSR count). The quantitative estimate of drug-likeness (QED) is 0.784. The first-order valence-corrected chi connectivity index (χ1v) is 7.02. The fraction of sp³-hybridized carbons (Fsp3) is 0.625. The van der Waals surface area contributed by atoms with E-state index in [9.17, 15) is 4.39 Å². The van der Waals surface area contributed by atoms with Gasteiger partial charge in [0, 0.05) is 25.2 Å². The van der Waals surface area contributed by atoms with Crippen LogP contribution in [0.15, 0.2) is 24.3 Å². The molecule has 1 heterocycles. The standard InChI is InChI=1S/C16H24FN/c1-12(2)15-8-13(3)9-18(11-15)10-14-6-4-5-7-16(14)17/h4-7,12-13,15H,8-11H2,1-3H3/t13?,15-/m1/s1. The van der Waals surface area contributed by atoms with E-state index in [-0.39, 0.29) is 5.82 Å². The molecule has 0 aromatic heterocycles. The van der Waals surface area contributed by atoms with Gasteiger partial charge in [-0.3, -0.25) is 4.90 Å². The Kier molecular flexibility index (Phi) is 4.39. The van der Waals surface area contributed by atoms with Gasteiger partial charge in [-0.2, -0.15) is 0 Å². The van der Waals surface area contributed by atoms with Crippen LogP contribution in [-0.2, 0) is 6.54 Å². The first-order chi connectivity index (χ1) is 8.56. The van der Waals surface area contributed by atoms with Crippen molar-refractivity contribution in [3.05, 3.63) is 35.6 Å². The van der Waals surface area contributed by atoms with Gasteiger partial charge in [0.05, 0.1) is 0 Å². The number of piperidine rings is 1. The van der Waals surface area contributed by atoms with Crippen LogP contribution in [-0.4, -0.2) is 18.0 Å². The van der Waals surface area contributed by atoms with Gasteiger partial charge in [-0.25, -0.2) is 4.39 Å². The average Bonchev–Trinajstić information content (AvgIpc) is 2.31. The normalized spacial score (nSPS) is 25.6. The van der Waals surface area contributed by atoms with Gasteiger partial charge in [-0.05, 0) is 30.2 Å². The molecule has 0 radical (unpaired) electrons. The molecule has 1 unspecified atom stereocenters. The molecule has 2 atom stereocenters. The second-order valence-electron chi connectivity index (χ2n) is 6.13. The lowest BCUT2D eigenvalue weighted by molar-refractivity contribution is 0.100. The van der Waals surface area contributed by atoms with Gasteiger partial charge in [0.1, 0.15) is 5.82 Å². The van der Waals surface area contributed by atoms with E-state index in [4.69, 9.17) is 0 Å². The van der Waals surface area contributed by atoms with E-state index < -0.39 is 0 Å². The third-order valence-corrected chi connectivity index (χ3v) is 4.06. The summed E-state index contributed by atoms with van der Waals surface area (Å²) < 4.78 is 13.7. The summed E-state index contributed by atoms with van der Waals surface area (Å²) in [5.41, 5.74) is 0.828. The number of halogens is 1. The molecular formula is C16H24FN. The van der Waals surface area contributed by atoms with Crippen molar-refractivity contribution in [2.45, 2.75) is 33.7 Å². The highest BCUT2D eigenvalue weighted by molar-refractivity contribution is 5.17. The molecule has 1 aromatic carbocycles. The van der Waals surface area contributed by atoms with Crippen LogP contribution in [0.3, 0.4) is 0 Å². The highest BCUT2D eigenvalue weighted by Gasteiger charge is 2.26. The summed E-state index contributed by atoms with van der Waals surface area (Å²) in [5.74, 6) is 2.12. The van der Waals surface area contributed by atoms with Crippen LogP contribution in [0, 0.1) is 23.6 Å². The Bertz CT molecular complexity index is 388. The molecule has 0 amide bonds. The lowest BCUT2D eigenvalue weighted by atomic mass is 9.83. The van der Waals surface area contributed by atoms with Crippen LogP contribution in [0.5, 0.6) is 0 Å². The summed E-state index contributed by atoms with van der Waals surface area (Å²) in [5, 5.41) is 0. The van der Waals surface area contributed by atoms with Gasteiger partial charge in [0.15, 0.2) is 0 Å². The maximum absolute atomic E-state index is 13.7. The van der Waals surface area contributed by atoms with Crippen LogP contribution < -0.4 is 0 Å². The minimum Gasteiger partial charge on any atom is -0.298 e. The van der Waals surface area contributed by atoms with Crippen molar-refractivity contribution in [2.24, 2.45) is 17.8 Å². The number of nitrogens with zero attached hydrogens (tertiary/aromatic N) is 1. The molecule has 100 valence electrons. The second kappa shape index (κ2) is 5.83. The monoisotopic (exact) mass is 249 g/mol. The predicted octanol–water partition coefficient (Wildman–Crippen LogP) is 3.94. The minimum atomic E-state index is -0.0724. The third kappa shape index (κ3) is 3.32. The molecule has 1 aromatic rings. The van der Waals surface area contributed by atoms with Crippen molar-refractivity contribution in [1.29, 1.82) is 0 Å². The van der Waals surface area contributed by atoms with Gasteiger partial charge in [0.25, 0.3) is 0 Å². The van der Waals surface area contributed by atoms with Gasteiger partial charge in [-0.15, -0.1) is 0 Å². The Morgan fingerprint density at radius 3 is 2.67 bits per heavy atom. The van der Waals surface area contributed by atoms with E-state index in [2.05, 4.69) is 25.7 Å². The number of rotatable bonds is 3. The van der Waals surface area contributed by atoms with Crippen LogP contribution >= 0.6 is 0 Å².